The lowest BCUT2D eigenvalue weighted by Gasteiger charge is -2.12. The Labute approximate surface area is 161 Å². The molecule has 0 spiro atoms. The van der Waals surface area contributed by atoms with Crippen molar-refractivity contribution >= 4 is 35.8 Å². The van der Waals surface area contributed by atoms with E-state index in [1.165, 1.54) is 6.26 Å². The molecule has 1 amide bonds. The van der Waals surface area contributed by atoms with Crippen LogP contribution in [-0.2, 0) is 4.74 Å². The summed E-state index contributed by atoms with van der Waals surface area (Å²) in [6, 6.07) is 3.31. The lowest BCUT2D eigenvalue weighted by atomic mass is 10.2. The molecule has 0 saturated heterocycles. The molecule has 138 valence electrons. The minimum atomic E-state index is -0.220. The van der Waals surface area contributed by atoms with Crippen molar-refractivity contribution in [2.24, 2.45) is 10.9 Å². The Hall–Kier alpha value is -1.29. The molecule has 0 radical (unpaired) electrons. The van der Waals surface area contributed by atoms with Gasteiger partial charge in [0.05, 0.1) is 6.26 Å². The van der Waals surface area contributed by atoms with Crippen LogP contribution in [0, 0.1) is 5.92 Å². The Morgan fingerprint density at radius 3 is 2.58 bits per heavy atom. The third-order valence-electron chi connectivity index (χ3n) is 2.88. The van der Waals surface area contributed by atoms with Crippen molar-refractivity contribution in [3.8, 4) is 0 Å². The maximum atomic E-state index is 11.6. The molecule has 0 aliphatic heterocycles. The van der Waals surface area contributed by atoms with Gasteiger partial charge in [0.15, 0.2) is 11.7 Å². The van der Waals surface area contributed by atoms with Crippen LogP contribution in [0.4, 0.5) is 0 Å². The van der Waals surface area contributed by atoms with Gasteiger partial charge in [-0.25, -0.2) is 0 Å². The van der Waals surface area contributed by atoms with Crippen LogP contribution in [0.15, 0.2) is 27.8 Å². The number of carbonyl (C=O) groups is 1. The van der Waals surface area contributed by atoms with Gasteiger partial charge in [-0.1, -0.05) is 13.8 Å². The van der Waals surface area contributed by atoms with Crippen LogP contribution in [-0.4, -0.2) is 51.8 Å². The molecule has 0 aliphatic carbocycles. The predicted octanol–water partition coefficient (Wildman–Crippen LogP) is 1.86. The molecular formula is C16H29IN4O3. The van der Waals surface area contributed by atoms with Gasteiger partial charge in [-0.3, -0.25) is 9.79 Å². The van der Waals surface area contributed by atoms with Crippen molar-refractivity contribution < 1.29 is 13.9 Å². The molecule has 1 rings (SSSR count). The fourth-order valence-corrected chi connectivity index (χ4v) is 1.77. The molecule has 0 atom stereocenters. The van der Waals surface area contributed by atoms with Crippen LogP contribution in [0.2, 0.25) is 0 Å². The third kappa shape index (κ3) is 10.5. The highest BCUT2D eigenvalue weighted by Crippen LogP contribution is 1.98. The Bertz CT molecular complexity index is 464. The Morgan fingerprint density at radius 2 is 1.96 bits per heavy atom. The average Bonchev–Trinajstić information content (AvgIpc) is 3.06. The number of hydrogen-bond acceptors (Lipinski definition) is 4. The van der Waals surface area contributed by atoms with Crippen molar-refractivity contribution in [3.05, 3.63) is 24.2 Å². The number of furan rings is 1. The highest BCUT2D eigenvalue weighted by molar-refractivity contribution is 14.0. The van der Waals surface area contributed by atoms with E-state index in [0.717, 1.165) is 26.2 Å². The van der Waals surface area contributed by atoms with Crippen LogP contribution in [0.5, 0.6) is 0 Å². The van der Waals surface area contributed by atoms with E-state index in [-0.39, 0.29) is 29.9 Å². The molecule has 1 heterocycles. The van der Waals surface area contributed by atoms with Crippen molar-refractivity contribution in [3.63, 3.8) is 0 Å². The number of nitrogens with one attached hydrogen (secondary N) is 3. The van der Waals surface area contributed by atoms with E-state index in [1.807, 2.05) is 0 Å². The Morgan fingerprint density at radius 1 is 1.25 bits per heavy atom. The summed E-state index contributed by atoms with van der Waals surface area (Å²) in [6.07, 6.45) is 2.40. The predicted molar refractivity (Wildman–Crippen MR) is 106 cm³/mol. The minimum absolute atomic E-state index is 0. The van der Waals surface area contributed by atoms with Gasteiger partial charge in [-0.2, -0.15) is 0 Å². The summed E-state index contributed by atoms with van der Waals surface area (Å²) < 4.78 is 10.5. The first kappa shape index (κ1) is 22.7. The molecular weight excluding hydrogens is 423 g/mol. The quantitative estimate of drug-likeness (QED) is 0.218. The van der Waals surface area contributed by atoms with Crippen LogP contribution < -0.4 is 16.0 Å². The van der Waals surface area contributed by atoms with Gasteiger partial charge in [0.25, 0.3) is 5.91 Å². The number of rotatable bonds is 10. The molecule has 1 aromatic heterocycles. The summed E-state index contributed by atoms with van der Waals surface area (Å²) in [5.41, 5.74) is 0. The summed E-state index contributed by atoms with van der Waals surface area (Å²) in [4.78, 5) is 15.8. The van der Waals surface area contributed by atoms with E-state index >= 15 is 0 Å². The van der Waals surface area contributed by atoms with Gasteiger partial charge in [-0.15, -0.1) is 24.0 Å². The van der Waals surface area contributed by atoms with E-state index in [9.17, 15) is 4.79 Å². The van der Waals surface area contributed by atoms with Gasteiger partial charge in [0, 0.05) is 39.9 Å². The van der Waals surface area contributed by atoms with E-state index in [0.29, 0.717) is 30.7 Å². The van der Waals surface area contributed by atoms with Crippen LogP contribution in [0.25, 0.3) is 0 Å². The normalized spacial score (nSPS) is 11.1. The molecule has 24 heavy (non-hydrogen) atoms. The number of hydrogen-bond donors (Lipinski definition) is 3. The minimum Gasteiger partial charge on any atom is -0.459 e. The standard InChI is InChI=1S/C16H28N4O3.HI/c1-13(2)12-22-10-5-7-19-16(17-3)20-9-8-18-15(21)14-6-4-11-23-14;/h4,6,11,13H,5,7-10,12H2,1-3H3,(H,18,21)(H2,17,19,20);1H. The second-order valence-electron chi connectivity index (χ2n) is 5.48. The maximum Gasteiger partial charge on any atom is 0.287 e. The van der Waals surface area contributed by atoms with Crippen molar-refractivity contribution in [2.45, 2.75) is 20.3 Å². The van der Waals surface area contributed by atoms with Gasteiger partial charge in [0.1, 0.15) is 0 Å². The largest absolute Gasteiger partial charge is 0.459 e. The molecule has 3 N–H and O–H groups in total. The summed E-state index contributed by atoms with van der Waals surface area (Å²) in [5, 5.41) is 9.09. The van der Waals surface area contributed by atoms with E-state index in [4.69, 9.17) is 9.15 Å². The summed E-state index contributed by atoms with van der Waals surface area (Å²) in [6.45, 7) is 7.65. The molecule has 7 nitrogen and oxygen atoms in total. The fourth-order valence-electron chi connectivity index (χ4n) is 1.77. The number of halogens is 1. The zero-order valence-electron chi connectivity index (χ0n) is 14.6. The molecule has 8 heteroatoms. The third-order valence-corrected chi connectivity index (χ3v) is 2.88. The Balaban J connectivity index is 0.00000529. The van der Waals surface area contributed by atoms with Crippen LogP contribution >= 0.6 is 24.0 Å². The monoisotopic (exact) mass is 452 g/mol. The number of guanidine groups is 1. The number of nitrogens with zero attached hydrogens (tertiary/aromatic N) is 1. The number of ether oxygens (including phenoxy) is 1. The lowest BCUT2D eigenvalue weighted by Crippen LogP contribution is -2.42. The first-order chi connectivity index (χ1) is 11.1. The SMILES string of the molecule is CN=C(NCCCOCC(C)C)NCCNC(=O)c1ccco1.I. The first-order valence-electron chi connectivity index (χ1n) is 7.97. The lowest BCUT2D eigenvalue weighted by molar-refractivity contribution is 0.0926. The van der Waals surface area contributed by atoms with Gasteiger partial charge < -0.3 is 25.1 Å². The number of aliphatic imine (C=N–C) groups is 1. The molecule has 0 fully saturated rings. The van der Waals surface area contributed by atoms with Crippen LogP contribution in [0.3, 0.4) is 0 Å². The maximum absolute atomic E-state index is 11.6. The molecule has 0 unspecified atom stereocenters. The van der Waals surface area contributed by atoms with Crippen molar-refractivity contribution in [1.82, 2.24) is 16.0 Å². The summed E-state index contributed by atoms with van der Waals surface area (Å²) >= 11 is 0. The highest BCUT2D eigenvalue weighted by atomic mass is 127. The van der Waals surface area contributed by atoms with E-state index in [2.05, 4.69) is 34.8 Å². The fraction of sp³-hybridized carbons (Fsp3) is 0.625. The van der Waals surface area contributed by atoms with Crippen molar-refractivity contribution in [2.75, 3.05) is 39.9 Å². The van der Waals surface area contributed by atoms with Gasteiger partial charge >= 0.3 is 0 Å². The van der Waals surface area contributed by atoms with E-state index < -0.39 is 0 Å². The molecule has 0 aliphatic rings. The first-order valence-corrected chi connectivity index (χ1v) is 7.97. The molecule has 0 bridgehead atoms. The molecule has 0 aromatic carbocycles. The number of carbonyl (C=O) groups excluding carboxylic acids is 1. The zero-order valence-corrected chi connectivity index (χ0v) is 17.0. The van der Waals surface area contributed by atoms with E-state index in [1.54, 1.807) is 19.2 Å². The Kier molecular flexibility index (Phi) is 13.3. The second kappa shape index (κ2) is 14.1. The zero-order chi connectivity index (χ0) is 16.9. The number of amides is 1. The van der Waals surface area contributed by atoms with Crippen LogP contribution in [0.1, 0.15) is 30.8 Å². The summed E-state index contributed by atoms with van der Waals surface area (Å²) in [5.74, 6) is 1.37. The smallest absolute Gasteiger partial charge is 0.287 e. The molecule has 1 aromatic rings. The second-order valence-corrected chi connectivity index (χ2v) is 5.48. The van der Waals surface area contributed by atoms with Gasteiger partial charge in [-0.05, 0) is 24.5 Å². The average molecular weight is 452 g/mol. The highest BCUT2D eigenvalue weighted by Gasteiger charge is 2.06. The van der Waals surface area contributed by atoms with Crippen molar-refractivity contribution in [1.29, 1.82) is 0 Å². The van der Waals surface area contributed by atoms with Gasteiger partial charge in [0.2, 0.25) is 0 Å². The topological polar surface area (TPSA) is 87.9 Å². The molecule has 0 saturated carbocycles. The summed E-state index contributed by atoms with van der Waals surface area (Å²) in [7, 11) is 1.71.